The molecule has 0 unspecified atom stereocenters. The normalized spacial score (nSPS) is 18.3. The fourth-order valence-electron chi connectivity index (χ4n) is 5.40. The van der Waals surface area contributed by atoms with Gasteiger partial charge in [-0.3, -0.25) is 4.90 Å². The van der Waals surface area contributed by atoms with Crippen molar-refractivity contribution in [3.8, 4) is 11.4 Å². The molecule has 4 aromatic rings. The van der Waals surface area contributed by atoms with E-state index in [9.17, 15) is 0 Å². The zero-order chi connectivity index (χ0) is 23.9. The number of hydrogen-bond donors (Lipinski definition) is 1. The highest BCUT2D eigenvalue weighted by Gasteiger charge is 2.26. The van der Waals surface area contributed by atoms with Gasteiger partial charge in [0.05, 0.1) is 19.8 Å². The van der Waals surface area contributed by atoms with E-state index in [4.69, 9.17) is 19.7 Å². The van der Waals surface area contributed by atoms with E-state index in [2.05, 4.69) is 63.6 Å². The number of hydrogen-bond acceptors (Lipinski definition) is 7. The Labute approximate surface area is 205 Å². The number of rotatable bonds is 5. The number of fused-ring (bicyclic) bond motifs is 2. The zero-order valence-electron chi connectivity index (χ0n) is 20.9. The summed E-state index contributed by atoms with van der Waals surface area (Å²) in [5.41, 5.74) is 3.88. The lowest BCUT2D eigenvalue weighted by Gasteiger charge is -2.34. The number of aromatic amines is 1. The number of imidazole rings is 1. The number of H-pyrrole nitrogens is 1. The first-order valence-corrected chi connectivity index (χ1v) is 12.6. The number of nitrogens with zero attached hydrogens (tertiary/aromatic N) is 7. The predicted octanol–water partition coefficient (Wildman–Crippen LogP) is 2.87. The number of morpholine rings is 1. The molecule has 2 aliphatic heterocycles. The number of anilines is 1. The van der Waals surface area contributed by atoms with Gasteiger partial charge in [0.1, 0.15) is 5.82 Å². The summed E-state index contributed by atoms with van der Waals surface area (Å²) in [6.07, 6.45) is 4.40. The van der Waals surface area contributed by atoms with Gasteiger partial charge in [-0.2, -0.15) is 0 Å². The first-order valence-electron chi connectivity index (χ1n) is 12.6. The second kappa shape index (κ2) is 9.22. The van der Waals surface area contributed by atoms with Crippen LogP contribution in [0.15, 0.2) is 30.5 Å². The van der Waals surface area contributed by atoms with Gasteiger partial charge in [0.2, 0.25) is 0 Å². The second-order valence-corrected chi connectivity index (χ2v) is 9.95. The Balaban J connectivity index is 1.40. The Morgan fingerprint density at radius 3 is 2.57 bits per heavy atom. The monoisotopic (exact) mass is 474 g/mol. The molecule has 6 rings (SSSR count). The van der Waals surface area contributed by atoms with E-state index in [0.717, 1.165) is 77.8 Å². The van der Waals surface area contributed by atoms with Crippen molar-refractivity contribution in [1.82, 2.24) is 34.3 Å². The Bertz CT molecular complexity index is 1330. The number of aromatic nitrogens is 5. The number of ether oxygens (including phenoxy) is 1. The summed E-state index contributed by atoms with van der Waals surface area (Å²) in [6.45, 7) is 6.04. The molecule has 0 bridgehead atoms. The van der Waals surface area contributed by atoms with E-state index in [1.807, 2.05) is 12.3 Å². The minimum Gasteiger partial charge on any atom is -0.378 e. The Hall–Kier alpha value is -3.01. The van der Waals surface area contributed by atoms with Crippen molar-refractivity contribution in [3.63, 3.8) is 0 Å². The summed E-state index contributed by atoms with van der Waals surface area (Å²) in [6, 6.07) is 8.98. The first-order chi connectivity index (χ1) is 17.1. The highest BCUT2D eigenvalue weighted by molar-refractivity contribution is 5.95. The third-order valence-electron chi connectivity index (χ3n) is 7.59. The van der Waals surface area contributed by atoms with Crippen LogP contribution in [-0.4, -0.2) is 93.8 Å². The molecule has 0 spiro atoms. The quantitative estimate of drug-likeness (QED) is 0.477. The molecular formula is C26H34N8O. The van der Waals surface area contributed by atoms with Crippen molar-refractivity contribution >= 4 is 27.9 Å². The highest BCUT2D eigenvalue weighted by Crippen LogP contribution is 2.32. The zero-order valence-corrected chi connectivity index (χ0v) is 20.9. The Morgan fingerprint density at radius 1 is 1.03 bits per heavy atom. The first kappa shape index (κ1) is 22.5. The lowest BCUT2D eigenvalue weighted by atomic mass is 10.0. The fourth-order valence-corrected chi connectivity index (χ4v) is 5.40. The van der Waals surface area contributed by atoms with Crippen molar-refractivity contribution in [1.29, 1.82) is 0 Å². The average Bonchev–Trinajstić information content (AvgIpc) is 3.46. The SMILES string of the molecule is CN(C)C1CCN(Cc2nc3c(N4CCOCC4)nc(-c4c[nH]c5ccccc45)nc3n2C)CC1. The molecule has 0 saturated carbocycles. The maximum Gasteiger partial charge on any atom is 0.166 e. The summed E-state index contributed by atoms with van der Waals surface area (Å²) in [7, 11) is 6.46. The minimum absolute atomic E-state index is 0.671. The van der Waals surface area contributed by atoms with Gasteiger partial charge in [0, 0.05) is 61.9 Å². The number of likely N-dealkylation sites (tertiary alicyclic amines) is 1. The van der Waals surface area contributed by atoms with Crippen molar-refractivity contribution in [2.75, 3.05) is 58.4 Å². The van der Waals surface area contributed by atoms with Gasteiger partial charge < -0.3 is 24.1 Å². The number of benzene rings is 1. The molecule has 5 heterocycles. The van der Waals surface area contributed by atoms with Crippen LogP contribution in [0.1, 0.15) is 18.7 Å². The van der Waals surface area contributed by atoms with Gasteiger partial charge in [-0.25, -0.2) is 15.0 Å². The summed E-state index contributed by atoms with van der Waals surface area (Å²) in [4.78, 5) is 25.8. The largest absolute Gasteiger partial charge is 0.378 e. The van der Waals surface area contributed by atoms with E-state index in [-0.39, 0.29) is 0 Å². The minimum atomic E-state index is 0.671. The molecule has 2 fully saturated rings. The number of nitrogens with one attached hydrogen (secondary N) is 1. The molecule has 35 heavy (non-hydrogen) atoms. The van der Waals surface area contributed by atoms with Crippen molar-refractivity contribution in [2.45, 2.75) is 25.4 Å². The highest BCUT2D eigenvalue weighted by atomic mass is 16.5. The topological polar surface area (TPSA) is 78.3 Å². The van der Waals surface area contributed by atoms with Crippen LogP contribution in [0.25, 0.3) is 33.5 Å². The standard InChI is InChI=1S/C26H34N8O/c1-31(2)18-8-10-33(11-9-18)17-22-28-23-25(32(22)3)29-24(30-26(23)34-12-14-35-15-13-34)20-16-27-21-7-5-4-6-19(20)21/h4-7,16,18,27H,8-15,17H2,1-3H3. The summed E-state index contributed by atoms with van der Waals surface area (Å²) in [5, 5.41) is 1.13. The van der Waals surface area contributed by atoms with Gasteiger partial charge in [0.15, 0.2) is 22.8 Å². The predicted molar refractivity (Wildman–Crippen MR) is 139 cm³/mol. The molecule has 0 aliphatic carbocycles. The molecule has 9 heteroatoms. The molecule has 2 aliphatic rings. The smallest absolute Gasteiger partial charge is 0.166 e. The third kappa shape index (κ3) is 4.17. The maximum absolute atomic E-state index is 5.62. The Kier molecular flexibility index (Phi) is 5.91. The van der Waals surface area contributed by atoms with Crippen LogP contribution in [-0.2, 0) is 18.3 Å². The van der Waals surface area contributed by atoms with E-state index in [0.29, 0.717) is 19.3 Å². The van der Waals surface area contributed by atoms with Gasteiger partial charge in [-0.1, -0.05) is 18.2 Å². The van der Waals surface area contributed by atoms with Crippen molar-refractivity contribution in [2.24, 2.45) is 7.05 Å². The molecule has 1 aromatic carbocycles. The van der Waals surface area contributed by atoms with Gasteiger partial charge in [0.25, 0.3) is 0 Å². The fraction of sp³-hybridized carbons (Fsp3) is 0.500. The lowest BCUT2D eigenvalue weighted by Crippen LogP contribution is -2.41. The van der Waals surface area contributed by atoms with E-state index >= 15 is 0 Å². The Morgan fingerprint density at radius 2 is 1.80 bits per heavy atom. The molecule has 0 radical (unpaired) electrons. The molecular weight excluding hydrogens is 440 g/mol. The van der Waals surface area contributed by atoms with Gasteiger partial charge >= 0.3 is 0 Å². The number of aryl methyl sites for hydroxylation is 1. The van der Waals surface area contributed by atoms with Crippen LogP contribution in [0.4, 0.5) is 5.82 Å². The van der Waals surface area contributed by atoms with Crippen molar-refractivity contribution in [3.05, 3.63) is 36.3 Å². The van der Waals surface area contributed by atoms with Crippen LogP contribution < -0.4 is 4.90 Å². The third-order valence-corrected chi connectivity index (χ3v) is 7.59. The maximum atomic E-state index is 5.62. The molecule has 184 valence electrons. The molecule has 0 atom stereocenters. The van der Waals surface area contributed by atoms with Gasteiger partial charge in [-0.15, -0.1) is 0 Å². The molecule has 3 aromatic heterocycles. The molecule has 9 nitrogen and oxygen atoms in total. The summed E-state index contributed by atoms with van der Waals surface area (Å²) >= 11 is 0. The molecule has 0 amide bonds. The van der Waals surface area contributed by atoms with Crippen LogP contribution in [0, 0.1) is 0 Å². The van der Waals surface area contributed by atoms with Crippen molar-refractivity contribution < 1.29 is 4.74 Å². The lowest BCUT2D eigenvalue weighted by molar-refractivity contribution is 0.122. The van der Waals surface area contributed by atoms with E-state index in [1.165, 1.54) is 12.8 Å². The van der Waals surface area contributed by atoms with Crippen LogP contribution in [0.5, 0.6) is 0 Å². The summed E-state index contributed by atoms with van der Waals surface area (Å²) in [5.74, 6) is 2.69. The summed E-state index contributed by atoms with van der Waals surface area (Å²) < 4.78 is 7.79. The van der Waals surface area contributed by atoms with E-state index in [1.54, 1.807) is 0 Å². The van der Waals surface area contributed by atoms with E-state index < -0.39 is 0 Å². The average molecular weight is 475 g/mol. The van der Waals surface area contributed by atoms with Crippen LogP contribution in [0.2, 0.25) is 0 Å². The molecule has 1 N–H and O–H groups in total. The van der Waals surface area contributed by atoms with Crippen LogP contribution in [0.3, 0.4) is 0 Å². The molecule has 2 saturated heterocycles. The number of piperidine rings is 1. The van der Waals surface area contributed by atoms with Gasteiger partial charge in [-0.05, 0) is 33.0 Å². The second-order valence-electron chi connectivity index (χ2n) is 9.95. The van der Waals surface area contributed by atoms with Crippen LogP contribution >= 0.6 is 0 Å². The number of para-hydroxylation sites is 1.